The molecule has 0 unspecified atom stereocenters. The third-order valence-corrected chi connectivity index (χ3v) is 29.2. The van der Waals surface area contributed by atoms with Crippen LogP contribution in [0.1, 0.15) is 0 Å². The maximum atomic E-state index is 6.98. The molecule has 0 aliphatic carbocycles. The van der Waals surface area contributed by atoms with Crippen molar-refractivity contribution in [2.24, 2.45) is 0 Å². The fourth-order valence-electron chi connectivity index (χ4n) is 22.2. The fourth-order valence-corrected chi connectivity index (χ4v) is 22.2. The lowest BCUT2D eigenvalue weighted by molar-refractivity contribution is 0.673. The topological polar surface area (TPSA) is 106 Å². The van der Waals surface area contributed by atoms with Crippen LogP contribution in [0.2, 0.25) is 0 Å². The number of fused-ring (bicyclic) bond motifs is 21. The van der Waals surface area contributed by atoms with E-state index in [0.717, 1.165) is 261 Å². The second-order valence-electron chi connectivity index (χ2n) is 38.1. The Kier molecular flexibility index (Phi) is 21.7. The van der Waals surface area contributed by atoms with Crippen molar-refractivity contribution in [3.8, 4) is 152 Å². The second kappa shape index (κ2) is 37.2. The van der Waals surface area contributed by atoms with E-state index in [-0.39, 0.29) is 0 Å². The molecule has 10 nitrogen and oxygen atoms in total. The minimum Gasteiger partial charge on any atom is -0.455 e. The van der Waals surface area contributed by atoms with E-state index in [2.05, 4.69) is 499 Å². The molecule has 702 valence electrons. The van der Waals surface area contributed by atoms with Crippen LogP contribution >= 0.6 is 0 Å². The molecule has 0 aliphatic rings. The fraction of sp³-hybridized carbons (Fsp3) is 0. The van der Waals surface area contributed by atoms with Gasteiger partial charge in [-0.1, -0.05) is 406 Å². The van der Waals surface area contributed by atoms with Gasteiger partial charge in [0.25, 0.3) is 0 Å². The van der Waals surface area contributed by atoms with Crippen LogP contribution in [0.15, 0.2) is 553 Å². The number of benzene rings is 21. The zero-order valence-electron chi connectivity index (χ0n) is 81.2. The van der Waals surface area contributed by atoms with E-state index < -0.39 is 0 Å². The standard InChI is InChI=1S/2C47H30N2O.C46H29N3O/c1-4-14-31(15-5-1)41-29-35(30-42(48-41)32-16-6-2-7-17-32)33-18-12-19-34(28-33)37-23-13-24-38-39-26-27-44-45(47(39)50-46(37)38)40-22-10-11-25-43(40)49(44)36-20-8-3-9-21-36;1-4-14-31(15-5-1)35-29-41(32-16-6-2-7-17-32)48-42(30-35)34-19-12-18-33(28-34)37-23-13-24-38-39-26-27-44-45(47(39)50-46(37)38)40-22-10-11-25-43(40)49(44)36-20-8-3-9-21-36;1-4-13-31(14-5-1)39-29-40(48-46(47-39)33-15-6-2-7-16-33)32-25-23-30(24-26-32)35-20-12-21-36-37-27-28-42-43(45(37)50-44(35)36)38-19-10-11-22-41(38)49(42)34-17-8-3-9-18-34/h2*1-30H;1-29H. The summed E-state index contributed by atoms with van der Waals surface area (Å²) in [7, 11) is 0. The van der Waals surface area contributed by atoms with Gasteiger partial charge in [0.1, 0.15) is 33.5 Å². The van der Waals surface area contributed by atoms with Crippen LogP contribution in [0, 0.1) is 0 Å². The number of para-hydroxylation sites is 9. The number of hydrogen-bond acceptors (Lipinski definition) is 7. The molecule has 150 heavy (non-hydrogen) atoms. The molecule has 30 rings (SSSR count). The predicted molar refractivity (Wildman–Crippen MR) is 621 cm³/mol. The lowest BCUT2D eigenvalue weighted by Crippen LogP contribution is -1.95. The summed E-state index contributed by atoms with van der Waals surface area (Å²) in [5, 5.41) is 13.6. The first kappa shape index (κ1) is 87.6. The molecule has 0 aliphatic heterocycles. The van der Waals surface area contributed by atoms with E-state index in [1.807, 2.05) is 54.6 Å². The van der Waals surface area contributed by atoms with E-state index in [9.17, 15) is 0 Å². The smallest absolute Gasteiger partial charge is 0.160 e. The summed E-state index contributed by atoms with van der Waals surface area (Å²) < 4.78 is 27.9. The lowest BCUT2D eigenvalue weighted by Gasteiger charge is -2.11. The first-order valence-corrected chi connectivity index (χ1v) is 50.8. The predicted octanol–water partition coefficient (Wildman–Crippen LogP) is 37.6. The number of rotatable bonds is 15. The van der Waals surface area contributed by atoms with Crippen molar-refractivity contribution in [2.45, 2.75) is 0 Å². The van der Waals surface area contributed by atoms with Gasteiger partial charge < -0.3 is 27.0 Å². The molecule has 10 heteroatoms. The van der Waals surface area contributed by atoms with Gasteiger partial charge in [-0.15, -0.1) is 0 Å². The Morgan fingerprint density at radius 1 is 0.133 bits per heavy atom. The molecule has 0 spiro atoms. The van der Waals surface area contributed by atoms with E-state index >= 15 is 0 Å². The van der Waals surface area contributed by atoms with Crippen LogP contribution in [0.3, 0.4) is 0 Å². The van der Waals surface area contributed by atoms with Crippen molar-refractivity contribution in [3.05, 3.63) is 540 Å². The van der Waals surface area contributed by atoms with E-state index in [1.165, 1.54) is 16.2 Å². The zero-order valence-corrected chi connectivity index (χ0v) is 81.2. The van der Waals surface area contributed by atoms with Gasteiger partial charge in [-0.3, -0.25) is 0 Å². The summed E-state index contributed by atoms with van der Waals surface area (Å²) in [4.78, 5) is 20.3. The van der Waals surface area contributed by atoms with Gasteiger partial charge in [0, 0.05) is 121 Å². The summed E-state index contributed by atoms with van der Waals surface area (Å²) in [6.45, 7) is 0. The Balaban J connectivity index is 0.000000108. The Labute approximate surface area is 863 Å². The van der Waals surface area contributed by atoms with Gasteiger partial charge in [-0.05, 0) is 172 Å². The summed E-state index contributed by atoms with van der Waals surface area (Å²) in [6.07, 6.45) is 0. The van der Waals surface area contributed by atoms with Crippen molar-refractivity contribution in [1.29, 1.82) is 0 Å². The molecular weight excluding hydrogens is 1830 g/mol. The Hall–Kier alpha value is -20.2. The van der Waals surface area contributed by atoms with Crippen molar-refractivity contribution in [3.63, 3.8) is 0 Å². The molecule has 0 fully saturated rings. The maximum absolute atomic E-state index is 6.98. The van der Waals surface area contributed by atoms with Crippen molar-refractivity contribution in [2.75, 3.05) is 0 Å². The van der Waals surface area contributed by atoms with E-state index in [0.29, 0.717) is 5.82 Å². The normalized spacial score (nSPS) is 11.6. The molecule has 0 saturated heterocycles. The van der Waals surface area contributed by atoms with Crippen LogP contribution in [0.5, 0.6) is 0 Å². The molecule has 0 saturated carbocycles. The Morgan fingerprint density at radius 3 is 0.747 bits per heavy atom. The van der Waals surface area contributed by atoms with Gasteiger partial charge in [0.05, 0.1) is 83.4 Å². The van der Waals surface area contributed by atoms with Crippen molar-refractivity contribution >= 4 is 131 Å². The van der Waals surface area contributed by atoms with Gasteiger partial charge in [0.2, 0.25) is 0 Å². The molecule has 9 aromatic heterocycles. The van der Waals surface area contributed by atoms with Crippen LogP contribution in [0.25, 0.3) is 283 Å². The molecule has 0 N–H and O–H groups in total. The van der Waals surface area contributed by atoms with Gasteiger partial charge >= 0.3 is 0 Å². The van der Waals surface area contributed by atoms with Crippen LogP contribution < -0.4 is 0 Å². The number of aromatic nitrogens is 7. The number of nitrogens with zero attached hydrogens (tertiary/aromatic N) is 7. The summed E-state index contributed by atoms with van der Waals surface area (Å²) in [5.41, 5.74) is 39.6. The van der Waals surface area contributed by atoms with Crippen molar-refractivity contribution < 1.29 is 13.3 Å². The molecule has 21 aromatic carbocycles. The second-order valence-corrected chi connectivity index (χ2v) is 38.1. The molecule has 0 amide bonds. The zero-order chi connectivity index (χ0) is 99.1. The number of hydrogen-bond donors (Lipinski definition) is 0. The average Bonchev–Trinajstić information content (AvgIpc) is 1.56. The van der Waals surface area contributed by atoms with Crippen LogP contribution in [0.4, 0.5) is 0 Å². The first-order valence-electron chi connectivity index (χ1n) is 50.8. The molecule has 0 radical (unpaired) electrons. The highest BCUT2D eigenvalue weighted by atomic mass is 16.3. The van der Waals surface area contributed by atoms with E-state index in [1.54, 1.807) is 0 Å². The summed E-state index contributed by atoms with van der Waals surface area (Å²) >= 11 is 0. The summed E-state index contributed by atoms with van der Waals surface area (Å²) in [6, 6.07) is 189. The van der Waals surface area contributed by atoms with Gasteiger partial charge in [-0.25, -0.2) is 19.9 Å². The summed E-state index contributed by atoms with van der Waals surface area (Å²) in [5.74, 6) is 0.706. The van der Waals surface area contributed by atoms with Crippen LogP contribution in [-0.4, -0.2) is 33.6 Å². The quantitative estimate of drug-likeness (QED) is 0.101. The highest BCUT2D eigenvalue weighted by molar-refractivity contribution is 6.28. The monoisotopic (exact) mass is 1920 g/mol. The third kappa shape index (κ3) is 15.5. The molecule has 9 heterocycles. The molecule has 30 aromatic rings. The SMILES string of the molecule is c1ccc(-c2cc(-c3ccc(-c4cccc5c4oc4c5ccc5c4c4ccccc4n5-c4ccccc4)cc3)nc(-c3ccccc3)n2)cc1.c1ccc(-c2cc(-c3cccc(-c4cccc5c4oc4c5ccc5c4c4ccccc4n5-c4ccccc4)c3)cc(-c3ccccc3)n2)cc1.c1ccc(-c2cc(-c3ccccc3)nc(-c3cccc(-c4cccc5c4oc4c5ccc5c4c4ccccc4n5-c4ccccc4)c3)c2)cc1. The first-order chi connectivity index (χ1) is 74.4. The highest BCUT2D eigenvalue weighted by Crippen LogP contribution is 2.50. The number of furan rings is 3. The van der Waals surface area contributed by atoms with Crippen molar-refractivity contribution in [1.82, 2.24) is 33.6 Å². The Morgan fingerprint density at radius 2 is 0.380 bits per heavy atom. The largest absolute Gasteiger partial charge is 0.455 e. The highest BCUT2D eigenvalue weighted by Gasteiger charge is 2.27. The minimum absolute atomic E-state index is 0.706. The maximum Gasteiger partial charge on any atom is 0.160 e. The van der Waals surface area contributed by atoms with E-state index in [4.69, 9.17) is 33.2 Å². The molecule has 0 bridgehead atoms. The van der Waals surface area contributed by atoms with Gasteiger partial charge in [0.15, 0.2) is 5.82 Å². The molecule has 0 atom stereocenters. The molecular formula is C140H89N7O3. The lowest BCUT2D eigenvalue weighted by atomic mass is 9.96. The minimum atomic E-state index is 0.706. The number of pyridine rings is 2. The Bertz CT molecular complexity index is 9850. The average molecular weight is 1920 g/mol. The third-order valence-electron chi connectivity index (χ3n) is 29.2. The van der Waals surface area contributed by atoms with Crippen LogP contribution in [-0.2, 0) is 0 Å². The van der Waals surface area contributed by atoms with Gasteiger partial charge in [-0.2, -0.15) is 0 Å².